The van der Waals surface area contributed by atoms with Crippen LogP contribution in [0.2, 0.25) is 0 Å². The van der Waals surface area contributed by atoms with E-state index in [-0.39, 0.29) is 0 Å². The van der Waals surface area contributed by atoms with Crippen molar-refractivity contribution in [3.8, 4) is 0 Å². The van der Waals surface area contributed by atoms with Crippen molar-refractivity contribution in [1.29, 1.82) is 0 Å². The number of nitrogens with one attached hydrogen (secondary N) is 1. The SMILES string of the molecule is Cn1ccnc1CNc1nccn1C1CC1. The normalized spacial score (nSPS) is 15.3. The Morgan fingerprint density at radius 1 is 1.31 bits per heavy atom. The minimum absolute atomic E-state index is 0.659. The molecule has 0 atom stereocenters. The summed E-state index contributed by atoms with van der Waals surface area (Å²) in [5.41, 5.74) is 0. The molecule has 2 heterocycles. The molecule has 3 rings (SSSR count). The number of hydrogen-bond acceptors (Lipinski definition) is 3. The first-order chi connectivity index (χ1) is 7.84. The quantitative estimate of drug-likeness (QED) is 0.845. The molecule has 0 aliphatic heterocycles. The number of aryl methyl sites for hydroxylation is 1. The molecule has 1 saturated carbocycles. The smallest absolute Gasteiger partial charge is 0.203 e. The zero-order valence-corrected chi connectivity index (χ0v) is 9.30. The third-order valence-electron chi connectivity index (χ3n) is 2.93. The summed E-state index contributed by atoms with van der Waals surface area (Å²) in [7, 11) is 2.00. The average molecular weight is 217 g/mol. The van der Waals surface area contributed by atoms with Crippen LogP contribution in [0.3, 0.4) is 0 Å². The molecule has 16 heavy (non-hydrogen) atoms. The number of aromatic nitrogens is 4. The van der Waals surface area contributed by atoms with Gasteiger partial charge < -0.3 is 14.5 Å². The van der Waals surface area contributed by atoms with Gasteiger partial charge in [-0.2, -0.15) is 0 Å². The Kier molecular flexibility index (Phi) is 2.16. The van der Waals surface area contributed by atoms with E-state index in [9.17, 15) is 0 Å². The first-order valence-corrected chi connectivity index (χ1v) is 5.57. The molecule has 0 saturated heterocycles. The molecule has 1 aliphatic carbocycles. The highest BCUT2D eigenvalue weighted by molar-refractivity contribution is 5.28. The Morgan fingerprint density at radius 3 is 2.81 bits per heavy atom. The van der Waals surface area contributed by atoms with Gasteiger partial charge in [-0.15, -0.1) is 0 Å². The second-order valence-electron chi connectivity index (χ2n) is 4.20. The zero-order chi connectivity index (χ0) is 11.0. The lowest BCUT2D eigenvalue weighted by molar-refractivity contribution is 0.734. The summed E-state index contributed by atoms with van der Waals surface area (Å²) in [6.45, 7) is 0.716. The third kappa shape index (κ3) is 1.68. The van der Waals surface area contributed by atoms with Crippen LogP contribution in [0.4, 0.5) is 5.95 Å². The maximum Gasteiger partial charge on any atom is 0.203 e. The van der Waals surface area contributed by atoms with Crippen LogP contribution in [0.15, 0.2) is 24.8 Å². The van der Waals surface area contributed by atoms with Crippen molar-refractivity contribution in [2.45, 2.75) is 25.4 Å². The molecule has 0 aromatic carbocycles. The number of imidazole rings is 2. The lowest BCUT2D eigenvalue weighted by Gasteiger charge is -2.08. The Balaban J connectivity index is 1.70. The number of hydrogen-bond donors (Lipinski definition) is 1. The van der Waals surface area contributed by atoms with E-state index in [0.717, 1.165) is 11.8 Å². The molecule has 1 aliphatic rings. The van der Waals surface area contributed by atoms with Crippen molar-refractivity contribution in [2.75, 3.05) is 5.32 Å². The number of rotatable bonds is 4. The highest BCUT2D eigenvalue weighted by Gasteiger charge is 2.25. The van der Waals surface area contributed by atoms with Gasteiger partial charge in [-0.1, -0.05) is 0 Å². The van der Waals surface area contributed by atoms with Crippen LogP contribution in [0.25, 0.3) is 0 Å². The topological polar surface area (TPSA) is 47.7 Å². The first kappa shape index (κ1) is 9.45. The van der Waals surface area contributed by atoms with Crippen LogP contribution in [0, 0.1) is 0 Å². The van der Waals surface area contributed by atoms with Crippen LogP contribution in [-0.4, -0.2) is 19.1 Å². The van der Waals surface area contributed by atoms with Gasteiger partial charge in [-0.3, -0.25) is 0 Å². The molecule has 2 aromatic rings. The van der Waals surface area contributed by atoms with E-state index in [4.69, 9.17) is 0 Å². The summed E-state index contributed by atoms with van der Waals surface area (Å²) in [4.78, 5) is 8.59. The summed E-state index contributed by atoms with van der Waals surface area (Å²) < 4.78 is 4.22. The zero-order valence-electron chi connectivity index (χ0n) is 9.30. The Morgan fingerprint density at radius 2 is 2.12 bits per heavy atom. The molecule has 5 heteroatoms. The second kappa shape index (κ2) is 3.66. The van der Waals surface area contributed by atoms with Gasteiger partial charge in [0.15, 0.2) is 0 Å². The maximum atomic E-state index is 4.32. The maximum absolute atomic E-state index is 4.32. The van der Waals surface area contributed by atoms with Crippen molar-refractivity contribution in [2.24, 2.45) is 7.05 Å². The van der Waals surface area contributed by atoms with Gasteiger partial charge in [0.1, 0.15) is 5.82 Å². The van der Waals surface area contributed by atoms with E-state index in [1.54, 1.807) is 0 Å². The summed E-state index contributed by atoms with van der Waals surface area (Å²) in [6.07, 6.45) is 10.2. The molecule has 0 spiro atoms. The summed E-state index contributed by atoms with van der Waals surface area (Å²) in [6, 6.07) is 0.659. The fourth-order valence-electron chi connectivity index (χ4n) is 1.82. The van der Waals surface area contributed by atoms with Crippen molar-refractivity contribution in [1.82, 2.24) is 19.1 Å². The van der Waals surface area contributed by atoms with Gasteiger partial charge in [0.2, 0.25) is 5.95 Å². The highest BCUT2D eigenvalue weighted by Crippen LogP contribution is 2.36. The van der Waals surface area contributed by atoms with Crippen LogP contribution in [-0.2, 0) is 13.6 Å². The molecule has 0 unspecified atom stereocenters. The van der Waals surface area contributed by atoms with E-state index in [1.165, 1.54) is 12.8 Å². The molecule has 5 nitrogen and oxygen atoms in total. The molecule has 0 bridgehead atoms. The summed E-state index contributed by atoms with van der Waals surface area (Å²) in [5.74, 6) is 1.97. The molecule has 2 aromatic heterocycles. The predicted octanol–water partition coefficient (Wildman–Crippen LogP) is 1.56. The monoisotopic (exact) mass is 217 g/mol. The van der Waals surface area contributed by atoms with E-state index in [1.807, 2.05) is 36.4 Å². The molecular formula is C11H15N5. The van der Waals surface area contributed by atoms with E-state index in [0.29, 0.717) is 12.6 Å². The minimum Gasteiger partial charge on any atom is -0.348 e. The molecule has 1 N–H and O–H groups in total. The average Bonchev–Trinajstić information content (AvgIpc) is 2.88. The highest BCUT2D eigenvalue weighted by atomic mass is 15.2. The fourth-order valence-corrected chi connectivity index (χ4v) is 1.82. The van der Waals surface area contributed by atoms with Crippen LogP contribution in [0.1, 0.15) is 24.7 Å². The van der Waals surface area contributed by atoms with Gasteiger partial charge >= 0.3 is 0 Å². The van der Waals surface area contributed by atoms with Crippen LogP contribution in [0.5, 0.6) is 0 Å². The molecule has 1 fully saturated rings. The first-order valence-electron chi connectivity index (χ1n) is 5.57. The van der Waals surface area contributed by atoms with E-state index < -0.39 is 0 Å². The van der Waals surface area contributed by atoms with Gasteiger partial charge in [-0.05, 0) is 12.8 Å². The standard InChI is InChI=1S/C11H15N5/c1-15-6-4-12-10(15)8-14-11-13-5-7-16(11)9-2-3-9/h4-7,9H,2-3,8H2,1H3,(H,13,14). The number of nitrogens with zero attached hydrogens (tertiary/aromatic N) is 4. The van der Waals surface area contributed by atoms with Crippen LogP contribution < -0.4 is 5.32 Å². The van der Waals surface area contributed by atoms with Crippen molar-refractivity contribution in [3.05, 3.63) is 30.6 Å². The lowest BCUT2D eigenvalue weighted by atomic mass is 10.5. The molecule has 0 amide bonds. The molecule has 0 radical (unpaired) electrons. The Labute approximate surface area is 94.1 Å². The van der Waals surface area contributed by atoms with Gasteiger partial charge in [0.25, 0.3) is 0 Å². The fraction of sp³-hybridized carbons (Fsp3) is 0.455. The summed E-state index contributed by atoms with van der Waals surface area (Å²) >= 11 is 0. The van der Waals surface area contributed by atoms with Crippen molar-refractivity contribution >= 4 is 5.95 Å². The Bertz CT molecular complexity index is 480. The predicted molar refractivity (Wildman–Crippen MR) is 61.0 cm³/mol. The lowest BCUT2D eigenvalue weighted by Crippen LogP contribution is -2.09. The second-order valence-corrected chi connectivity index (χ2v) is 4.20. The van der Waals surface area contributed by atoms with E-state index in [2.05, 4.69) is 19.9 Å². The minimum atomic E-state index is 0.659. The Hall–Kier alpha value is -1.78. The van der Waals surface area contributed by atoms with Crippen LogP contribution >= 0.6 is 0 Å². The van der Waals surface area contributed by atoms with E-state index >= 15 is 0 Å². The third-order valence-corrected chi connectivity index (χ3v) is 2.93. The van der Waals surface area contributed by atoms with Gasteiger partial charge in [0, 0.05) is 37.9 Å². The summed E-state index contributed by atoms with van der Waals surface area (Å²) in [5, 5.41) is 3.33. The van der Waals surface area contributed by atoms with Crippen molar-refractivity contribution in [3.63, 3.8) is 0 Å². The van der Waals surface area contributed by atoms with Gasteiger partial charge in [-0.25, -0.2) is 9.97 Å². The van der Waals surface area contributed by atoms with Gasteiger partial charge in [0.05, 0.1) is 6.54 Å². The molecular weight excluding hydrogens is 202 g/mol. The number of anilines is 1. The van der Waals surface area contributed by atoms with Crippen molar-refractivity contribution < 1.29 is 0 Å². The largest absolute Gasteiger partial charge is 0.348 e. The molecule has 84 valence electrons.